The van der Waals surface area contributed by atoms with Gasteiger partial charge in [0, 0.05) is 48.9 Å². The number of ether oxygens (including phenoxy) is 1. The van der Waals surface area contributed by atoms with Gasteiger partial charge in [0.25, 0.3) is 0 Å². The Morgan fingerprint density at radius 2 is 1.96 bits per heavy atom. The van der Waals surface area contributed by atoms with Crippen molar-refractivity contribution < 1.29 is 9.53 Å². The van der Waals surface area contributed by atoms with Gasteiger partial charge in [-0.2, -0.15) is 0 Å². The van der Waals surface area contributed by atoms with Gasteiger partial charge in [0.1, 0.15) is 6.10 Å². The zero-order valence-electron chi connectivity index (χ0n) is 13.3. The maximum Gasteiger partial charge on any atom is 0.339 e. The van der Waals surface area contributed by atoms with Crippen LogP contribution in [0.1, 0.15) is 27.6 Å². The van der Waals surface area contributed by atoms with Crippen LogP contribution in [-0.4, -0.2) is 32.1 Å². The Balaban J connectivity index is 1.60. The van der Waals surface area contributed by atoms with Crippen molar-refractivity contribution in [1.29, 1.82) is 0 Å². The number of benzene rings is 2. The van der Waals surface area contributed by atoms with Crippen LogP contribution in [-0.2, 0) is 11.2 Å². The molecule has 1 unspecified atom stereocenters. The SMILES string of the molecule is O=C1OC(Cc2ccccc2Cl)c2ccc(N3CCNCC3)cc21. The standard InChI is InChI=1S/C19H19ClN2O2/c20-17-4-2-1-3-13(17)11-18-15-6-5-14(12-16(15)19(23)24-18)22-9-7-21-8-10-22/h1-6,12,18,21H,7-11H2. The third-order valence-electron chi connectivity index (χ3n) is 4.70. The number of esters is 1. The van der Waals surface area contributed by atoms with E-state index in [1.807, 2.05) is 36.4 Å². The van der Waals surface area contributed by atoms with Crippen molar-refractivity contribution in [3.05, 3.63) is 64.2 Å². The molecular weight excluding hydrogens is 324 g/mol. The summed E-state index contributed by atoms with van der Waals surface area (Å²) in [5.74, 6) is -0.237. The first-order chi connectivity index (χ1) is 11.7. The Labute approximate surface area is 146 Å². The lowest BCUT2D eigenvalue weighted by molar-refractivity contribution is 0.0387. The van der Waals surface area contributed by atoms with Gasteiger partial charge in [-0.1, -0.05) is 35.9 Å². The molecule has 0 spiro atoms. The number of nitrogens with zero attached hydrogens (tertiary/aromatic N) is 1. The van der Waals surface area contributed by atoms with Crippen LogP contribution < -0.4 is 10.2 Å². The second-order valence-electron chi connectivity index (χ2n) is 6.20. The van der Waals surface area contributed by atoms with Gasteiger partial charge in [-0.05, 0) is 23.8 Å². The molecule has 1 fully saturated rings. The van der Waals surface area contributed by atoms with Gasteiger partial charge in [-0.3, -0.25) is 0 Å². The number of cyclic esters (lactones) is 1. The molecule has 5 heteroatoms. The van der Waals surface area contributed by atoms with Crippen molar-refractivity contribution in [1.82, 2.24) is 5.32 Å². The summed E-state index contributed by atoms with van der Waals surface area (Å²) in [5.41, 5.74) is 3.73. The Morgan fingerprint density at radius 1 is 1.17 bits per heavy atom. The Kier molecular flexibility index (Phi) is 4.17. The van der Waals surface area contributed by atoms with Crippen LogP contribution in [0.3, 0.4) is 0 Å². The number of piperazine rings is 1. The molecule has 24 heavy (non-hydrogen) atoms. The summed E-state index contributed by atoms with van der Waals surface area (Å²) in [7, 11) is 0. The first kappa shape index (κ1) is 15.5. The van der Waals surface area contributed by atoms with Crippen molar-refractivity contribution in [2.24, 2.45) is 0 Å². The molecule has 0 aromatic heterocycles. The van der Waals surface area contributed by atoms with Crippen molar-refractivity contribution in [2.45, 2.75) is 12.5 Å². The lowest BCUT2D eigenvalue weighted by Gasteiger charge is -2.29. The van der Waals surface area contributed by atoms with Crippen molar-refractivity contribution in [2.75, 3.05) is 31.1 Å². The monoisotopic (exact) mass is 342 g/mol. The molecule has 2 aliphatic rings. The summed E-state index contributed by atoms with van der Waals surface area (Å²) < 4.78 is 5.60. The quantitative estimate of drug-likeness (QED) is 0.870. The molecule has 0 bridgehead atoms. The highest BCUT2D eigenvalue weighted by Gasteiger charge is 2.32. The number of rotatable bonds is 3. The Morgan fingerprint density at radius 3 is 2.75 bits per heavy atom. The molecule has 1 atom stereocenters. The molecule has 124 valence electrons. The highest BCUT2D eigenvalue weighted by atomic mass is 35.5. The van der Waals surface area contributed by atoms with E-state index in [2.05, 4.69) is 16.3 Å². The number of hydrogen-bond donors (Lipinski definition) is 1. The van der Waals surface area contributed by atoms with E-state index in [1.54, 1.807) is 0 Å². The van der Waals surface area contributed by atoms with Gasteiger partial charge < -0.3 is 15.0 Å². The molecule has 1 N–H and O–H groups in total. The minimum Gasteiger partial charge on any atom is -0.454 e. The fraction of sp³-hybridized carbons (Fsp3) is 0.316. The summed E-state index contributed by atoms with van der Waals surface area (Å²) >= 11 is 6.24. The van der Waals surface area contributed by atoms with Crippen LogP contribution >= 0.6 is 11.6 Å². The summed E-state index contributed by atoms with van der Waals surface area (Å²) in [4.78, 5) is 14.6. The predicted molar refractivity (Wildman–Crippen MR) is 94.8 cm³/mol. The number of halogens is 1. The zero-order chi connectivity index (χ0) is 16.5. The minimum atomic E-state index is -0.260. The minimum absolute atomic E-state index is 0.237. The summed E-state index contributed by atoms with van der Waals surface area (Å²) in [6.45, 7) is 3.85. The third kappa shape index (κ3) is 2.87. The lowest BCUT2D eigenvalue weighted by Crippen LogP contribution is -2.43. The van der Waals surface area contributed by atoms with Gasteiger partial charge in [0.15, 0.2) is 0 Å². The number of hydrogen-bond acceptors (Lipinski definition) is 4. The highest BCUT2D eigenvalue weighted by molar-refractivity contribution is 6.31. The van der Waals surface area contributed by atoms with Crippen LogP contribution in [0.2, 0.25) is 5.02 Å². The lowest BCUT2D eigenvalue weighted by atomic mass is 9.98. The van der Waals surface area contributed by atoms with Gasteiger partial charge in [0.05, 0.1) is 5.56 Å². The van der Waals surface area contributed by atoms with E-state index in [9.17, 15) is 4.79 Å². The summed E-state index contributed by atoms with van der Waals surface area (Å²) in [6.07, 6.45) is 0.343. The van der Waals surface area contributed by atoms with E-state index < -0.39 is 0 Å². The van der Waals surface area contributed by atoms with Crippen molar-refractivity contribution in [3.8, 4) is 0 Å². The molecule has 2 heterocycles. The molecule has 2 aromatic rings. The largest absolute Gasteiger partial charge is 0.454 e. The summed E-state index contributed by atoms with van der Waals surface area (Å²) in [6, 6.07) is 13.8. The predicted octanol–water partition coefficient (Wildman–Crippen LogP) is 3.20. The molecule has 0 radical (unpaired) electrons. The zero-order valence-corrected chi connectivity index (χ0v) is 14.1. The van der Waals surface area contributed by atoms with E-state index in [-0.39, 0.29) is 12.1 Å². The van der Waals surface area contributed by atoms with E-state index in [0.29, 0.717) is 17.0 Å². The number of anilines is 1. The second kappa shape index (κ2) is 6.46. The van der Waals surface area contributed by atoms with Gasteiger partial charge >= 0.3 is 5.97 Å². The first-order valence-electron chi connectivity index (χ1n) is 8.26. The van der Waals surface area contributed by atoms with Gasteiger partial charge in [0.2, 0.25) is 0 Å². The Hall–Kier alpha value is -2.04. The molecule has 0 amide bonds. The van der Waals surface area contributed by atoms with Gasteiger partial charge in [-0.25, -0.2) is 4.79 Å². The van der Waals surface area contributed by atoms with Crippen LogP contribution in [0.5, 0.6) is 0 Å². The molecule has 1 saturated heterocycles. The third-order valence-corrected chi connectivity index (χ3v) is 5.07. The average Bonchev–Trinajstić information content (AvgIpc) is 2.93. The maximum absolute atomic E-state index is 12.3. The highest BCUT2D eigenvalue weighted by Crippen LogP contribution is 2.36. The molecule has 0 aliphatic carbocycles. The molecular formula is C19H19ClN2O2. The number of nitrogens with one attached hydrogen (secondary N) is 1. The average molecular weight is 343 g/mol. The normalized spacial score (nSPS) is 20.0. The van der Waals surface area contributed by atoms with Crippen molar-refractivity contribution >= 4 is 23.3 Å². The molecule has 0 saturated carbocycles. The van der Waals surface area contributed by atoms with Crippen LogP contribution in [0, 0.1) is 0 Å². The van der Waals surface area contributed by atoms with E-state index in [1.165, 1.54) is 0 Å². The number of carbonyl (C=O) groups is 1. The molecule has 2 aromatic carbocycles. The fourth-order valence-electron chi connectivity index (χ4n) is 3.39. The Bertz CT molecular complexity index is 772. The van der Waals surface area contributed by atoms with E-state index >= 15 is 0 Å². The number of fused-ring (bicyclic) bond motifs is 1. The van der Waals surface area contributed by atoms with Gasteiger partial charge in [-0.15, -0.1) is 0 Å². The number of carbonyl (C=O) groups excluding carboxylic acids is 1. The van der Waals surface area contributed by atoms with Crippen LogP contribution in [0.25, 0.3) is 0 Å². The topological polar surface area (TPSA) is 41.6 Å². The van der Waals surface area contributed by atoms with Crippen LogP contribution in [0.4, 0.5) is 5.69 Å². The van der Waals surface area contributed by atoms with Crippen LogP contribution in [0.15, 0.2) is 42.5 Å². The molecule has 4 rings (SSSR count). The summed E-state index contributed by atoms with van der Waals surface area (Å²) in [5, 5.41) is 4.05. The van der Waals surface area contributed by atoms with E-state index in [4.69, 9.17) is 16.3 Å². The fourth-order valence-corrected chi connectivity index (χ4v) is 3.61. The second-order valence-corrected chi connectivity index (χ2v) is 6.61. The smallest absolute Gasteiger partial charge is 0.339 e. The van der Waals surface area contributed by atoms with E-state index in [0.717, 1.165) is 43.0 Å². The van der Waals surface area contributed by atoms with Crippen molar-refractivity contribution in [3.63, 3.8) is 0 Å². The molecule has 2 aliphatic heterocycles. The molecule has 4 nitrogen and oxygen atoms in total. The maximum atomic E-state index is 12.3. The first-order valence-corrected chi connectivity index (χ1v) is 8.64.